The molecule has 0 aromatic carbocycles. The number of alkyl halides is 3. The molecule has 1 heterocycles. The van der Waals surface area contributed by atoms with Gasteiger partial charge in [0, 0.05) is 5.38 Å². The van der Waals surface area contributed by atoms with Crippen molar-refractivity contribution < 1.29 is 18.0 Å². The van der Waals surface area contributed by atoms with Crippen molar-refractivity contribution in [2.24, 2.45) is 11.7 Å². The first-order valence-corrected chi connectivity index (χ1v) is 6.22. The van der Waals surface area contributed by atoms with Gasteiger partial charge < -0.3 is 11.1 Å². The molecule has 0 saturated heterocycles. The third-order valence-corrected chi connectivity index (χ3v) is 3.37. The molecule has 0 fully saturated rings. The summed E-state index contributed by atoms with van der Waals surface area (Å²) >= 11 is 0.800. The number of halogens is 3. The first-order chi connectivity index (χ1) is 8.25. The van der Waals surface area contributed by atoms with Crippen LogP contribution < -0.4 is 11.1 Å². The molecule has 1 aromatic rings. The lowest BCUT2D eigenvalue weighted by Gasteiger charge is -2.20. The summed E-state index contributed by atoms with van der Waals surface area (Å²) in [7, 11) is 0. The Balaban J connectivity index is 2.82. The maximum Gasteiger partial charge on any atom is 0.434 e. The molecule has 0 bridgehead atoms. The molecule has 0 radical (unpaired) electrons. The van der Waals surface area contributed by atoms with E-state index in [4.69, 9.17) is 5.73 Å². The van der Waals surface area contributed by atoms with Gasteiger partial charge in [-0.3, -0.25) is 4.79 Å². The van der Waals surface area contributed by atoms with E-state index in [2.05, 4.69) is 10.3 Å². The quantitative estimate of drug-likeness (QED) is 0.871. The van der Waals surface area contributed by atoms with E-state index in [0.29, 0.717) is 6.42 Å². The van der Waals surface area contributed by atoms with Crippen molar-refractivity contribution in [3.8, 4) is 0 Å². The van der Waals surface area contributed by atoms with Crippen molar-refractivity contribution in [3.05, 3.63) is 11.1 Å². The molecule has 1 aromatic heterocycles. The summed E-state index contributed by atoms with van der Waals surface area (Å²) in [6, 6.07) is -0.720. The average molecular weight is 281 g/mol. The third kappa shape index (κ3) is 3.59. The van der Waals surface area contributed by atoms with E-state index in [0.717, 1.165) is 16.7 Å². The SMILES string of the molecule is CCC(C)C(Nc1nc(C(F)(F)F)cs1)C(N)=O. The van der Waals surface area contributed by atoms with E-state index in [1.54, 1.807) is 6.92 Å². The van der Waals surface area contributed by atoms with Gasteiger partial charge in [0.15, 0.2) is 10.8 Å². The number of rotatable bonds is 5. The summed E-state index contributed by atoms with van der Waals surface area (Å²) in [5.41, 5.74) is 4.24. The summed E-state index contributed by atoms with van der Waals surface area (Å²) < 4.78 is 37.0. The van der Waals surface area contributed by atoms with Crippen LogP contribution in [0.4, 0.5) is 18.3 Å². The van der Waals surface area contributed by atoms with Gasteiger partial charge in [0.05, 0.1) is 0 Å². The molecule has 2 unspecified atom stereocenters. The second-order valence-corrected chi connectivity index (χ2v) is 4.80. The highest BCUT2D eigenvalue weighted by Crippen LogP contribution is 2.32. The van der Waals surface area contributed by atoms with Crippen molar-refractivity contribution in [1.82, 2.24) is 4.98 Å². The number of carbonyl (C=O) groups excluding carboxylic acids is 1. The topological polar surface area (TPSA) is 68.0 Å². The lowest BCUT2D eigenvalue weighted by molar-refractivity contribution is -0.140. The largest absolute Gasteiger partial charge is 0.434 e. The lowest BCUT2D eigenvalue weighted by atomic mass is 9.99. The van der Waals surface area contributed by atoms with Gasteiger partial charge in [0.2, 0.25) is 5.91 Å². The van der Waals surface area contributed by atoms with E-state index < -0.39 is 23.8 Å². The Bertz CT molecular complexity index is 419. The van der Waals surface area contributed by atoms with Crippen molar-refractivity contribution in [2.75, 3.05) is 5.32 Å². The number of nitrogens with two attached hydrogens (primary N) is 1. The summed E-state index contributed by atoms with van der Waals surface area (Å²) in [5, 5.41) is 3.60. The molecule has 0 aliphatic rings. The van der Waals surface area contributed by atoms with E-state index in [1.165, 1.54) is 0 Å². The first kappa shape index (κ1) is 14.7. The number of aromatic nitrogens is 1. The number of anilines is 1. The van der Waals surface area contributed by atoms with Gasteiger partial charge in [0.1, 0.15) is 6.04 Å². The van der Waals surface area contributed by atoms with Gasteiger partial charge in [-0.1, -0.05) is 20.3 Å². The monoisotopic (exact) mass is 281 g/mol. The highest BCUT2D eigenvalue weighted by atomic mass is 32.1. The minimum atomic E-state index is -4.48. The molecule has 0 spiro atoms. The van der Waals surface area contributed by atoms with Crippen molar-refractivity contribution in [3.63, 3.8) is 0 Å². The zero-order valence-corrected chi connectivity index (χ0v) is 10.7. The number of nitrogens with zero attached hydrogens (tertiary/aromatic N) is 1. The fourth-order valence-corrected chi connectivity index (χ4v) is 2.09. The Morgan fingerprint density at radius 2 is 2.22 bits per heavy atom. The van der Waals surface area contributed by atoms with Crippen LogP contribution in [0, 0.1) is 5.92 Å². The van der Waals surface area contributed by atoms with Crippen LogP contribution in [-0.4, -0.2) is 16.9 Å². The lowest BCUT2D eigenvalue weighted by Crippen LogP contribution is -2.40. The zero-order valence-electron chi connectivity index (χ0n) is 9.91. The smallest absolute Gasteiger partial charge is 0.368 e. The highest BCUT2D eigenvalue weighted by Gasteiger charge is 2.34. The first-order valence-electron chi connectivity index (χ1n) is 5.34. The Kier molecular flexibility index (Phi) is 4.55. The maximum atomic E-state index is 12.3. The second-order valence-electron chi connectivity index (χ2n) is 3.95. The summed E-state index contributed by atoms with van der Waals surface area (Å²) in [5.74, 6) is -0.686. The van der Waals surface area contributed by atoms with Crippen molar-refractivity contribution in [1.29, 1.82) is 0 Å². The fourth-order valence-electron chi connectivity index (χ4n) is 1.33. The Labute approximate surface area is 106 Å². The maximum absolute atomic E-state index is 12.3. The summed E-state index contributed by atoms with van der Waals surface area (Å²) in [6.45, 7) is 3.66. The number of hydrogen-bond donors (Lipinski definition) is 2. The molecule has 3 N–H and O–H groups in total. The Morgan fingerprint density at radius 3 is 2.61 bits per heavy atom. The van der Waals surface area contributed by atoms with Crippen LogP contribution in [0.1, 0.15) is 26.0 Å². The van der Waals surface area contributed by atoms with Crippen LogP contribution in [0.25, 0.3) is 0 Å². The number of nitrogens with one attached hydrogen (secondary N) is 1. The normalized spacial score (nSPS) is 15.2. The summed E-state index contributed by atoms with van der Waals surface area (Å²) in [4.78, 5) is 14.6. The molecule has 8 heteroatoms. The molecule has 1 rings (SSSR count). The van der Waals surface area contributed by atoms with Gasteiger partial charge in [0.25, 0.3) is 0 Å². The van der Waals surface area contributed by atoms with E-state index in [9.17, 15) is 18.0 Å². The predicted octanol–water partition coefficient (Wildman–Crippen LogP) is 2.47. The molecule has 0 saturated carbocycles. The van der Waals surface area contributed by atoms with E-state index in [1.807, 2.05) is 6.92 Å². The number of hydrogen-bond acceptors (Lipinski definition) is 4. The van der Waals surface area contributed by atoms with Crippen LogP contribution in [0.5, 0.6) is 0 Å². The van der Waals surface area contributed by atoms with Gasteiger partial charge in [-0.2, -0.15) is 13.2 Å². The van der Waals surface area contributed by atoms with E-state index >= 15 is 0 Å². The molecule has 18 heavy (non-hydrogen) atoms. The second kappa shape index (κ2) is 5.55. The van der Waals surface area contributed by atoms with Gasteiger partial charge in [-0.25, -0.2) is 4.98 Å². The van der Waals surface area contributed by atoms with Gasteiger partial charge >= 0.3 is 6.18 Å². The zero-order chi connectivity index (χ0) is 13.9. The number of thiazole rings is 1. The molecular weight excluding hydrogens is 267 g/mol. The number of carbonyl (C=O) groups is 1. The number of primary amides is 1. The average Bonchev–Trinajstić information content (AvgIpc) is 2.72. The van der Waals surface area contributed by atoms with Crippen molar-refractivity contribution >= 4 is 22.4 Å². The summed E-state index contributed by atoms with van der Waals surface area (Å²) in [6.07, 6.45) is -3.80. The highest BCUT2D eigenvalue weighted by molar-refractivity contribution is 7.13. The Hall–Kier alpha value is -1.31. The predicted molar refractivity (Wildman–Crippen MR) is 63.2 cm³/mol. The Morgan fingerprint density at radius 1 is 1.61 bits per heavy atom. The molecule has 4 nitrogen and oxygen atoms in total. The molecule has 1 amide bonds. The van der Waals surface area contributed by atoms with E-state index in [-0.39, 0.29) is 11.0 Å². The number of amides is 1. The van der Waals surface area contributed by atoms with Crippen LogP contribution in [0.3, 0.4) is 0 Å². The standard InChI is InChI=1S/C10H14F3N3OS/c1-3-5(2)7(8(14)17)16-9-15-6(4-18-9)10(11,12)13/h4-5,7H,3H2,1-2H3,(H2,14,17)(H,15,16). The minimum Gasteiger partial charge on any atom is -0.368 e. The van der Waals surface area contributed by atoms with Crippen LogP contribution in [0.2, 0.25) is 0 Å². The molecule has 0 aliphatic carbocycles. The molecule has 2 atom stereocenters. The molecular formula is C10H14F3N3OS. The fraction of sp³-hybridized carbons (Fsp3) is 0.600. The van der Waals surface area contributed by atoms with Crippen LogP contribution in [-0.2, 0) is 11.0 Å². The molecule has 102 valence electrons. The molecule has 0 aliphatic heterocycles. The van der Waals surface area contributed by atoms with Crippen LogP contribution in [0.15, 0.2) is 5.38 Å². The third-order valence-electron chi connectivity index (χ3n) is 2.59. The van der Waals surface area contributed by atoms with Gasteiger partial charge in [-0.05, 0) is 5.92 Å². The van der Waals surface area contributed by atoms with Crippen LogP contribution >= 0.6 is 11.3 Å². The van der Waals surface area contributed by atoms with Gasteiger partial charge in [-0.15, -0.1) is 11.3 Å². The minimum absolute atomic E-state index is 0.0476. The van der Waals surface area contributed by atoms with Crippen molar-refractivity contribution in [2.45, 2.75) is 32.5 Å².